The van der Waals surface area contributed by atoms with Crippen LogP contribution in [0.15, 0.2) is 17.2 Å². The number of aliphatic hydroxyl groups excluding tert-OH is 1. The van der Waals surface area contributed by atoms with Crippen LogP contribution in [0.4, 0.5) is 5.69 Å². The van der Waals surface area contributed by atoms with E-state index < -0.39 is 0 Å². The van der Waals surface area contributed by atoms with E-state index in [0.717, 1.165) is 17.7 Å². The molecule has 0 heterocycles. The molecule has 0 unspecified atom stereocenters. The first-order valence-electron chi connectivity index (χ1n) is 6.73. The lowest BCUT2D eigenvalue weighted by atomic mass is 10.0. The van der Waals surface area contributed by atoms with E-state index >= 15 is 0 Å². The van der Waals surface area contributed by atoms with Crippen LogP contribution in [-0.4, -0.2) is 24.9 Å². The van der Waals surface area contributed by atoms with E-state index in [4.69, 9.17) is 20.1 Å². The Morgan fingerprint density at radius 3 is 2.50 bits per heavy atom. The first kappa shape index (κ1) is 16.1. The number of aliphatic hydroxyl groups is 1. The van der Waals surface area contributed by atoms with Crippen LogP contribution in [0.2, 0.25) is 0 Å². The van der Waals surface area contributed by atoms with E-state index in [-0.39, 0.29) is 19.1 Å². The molecule has 6 nitrogen and oxygen atoms in total. The molecule has 0 aliphatic rings. The van der Waals surface area contributed by atoms with Gasteiger partial charge in [0.25, 0.3) is 0 Å². The fourth-order valence-corrected chi connectivity index (χ4v) is 1.75. The molecule has 0 fully saturated rings. The molecule has 0 aliphatic carbocycles. The SMILES string of the molecule is CCCOc1cc(OCCO)c(N=[N+]=[N-])cc1C(C)C. The van der Waals surface area contributed by atoms with Crippen LogP contribution < -0.4 is 9.47 Å². The summed E-state index contributed by atoms with van der Waals surface area (Å²) in [4.78, 5) is 2.81. The van der Waals surface area contributed by atoms with Crippen molar-refractivity contribution in [3.05, 3.63) is 28.1 Å². The quantitative estimate of drug-likeness (QED) is 0.444. The molecule has 1 aromatic carbocycles. The van der Waals surface area contributed by atoms with Crippen LogP contribution in [0.1, 0.15) is 38.7 Å². The molecule has 0 amide bonds. The van der Waals surface area contributed by atoms with Gasteiger partial charge < -0.3 is 14.6 Å². The predicted molar refractivity (Wildman–Crippen MR) is 77.7 cm³/mol. The lowest BCUT2D eigenvalue weighted by Gasteiger charge is -2.17. The van der Waals surface area contributed by atoms with Crippen LogP contribution in [0, 0.1) is 0 Å². The fraction of sp³-hybridized carbons (Fsp3) is 0.571. The predicted octanol–water partition coefficient (Wildman–Crippen LogP) is 3.91. The lowest BCUT2D eigenvalue weighted by molar-refractivity contribution is 0.201. The van der Waals surface area contributed by atoms with Crippen LogP contribution in [0.3, 0.4) is 0 Å². The Balaban J connectivity index is 3.22. The molecular weight excluding hydrogens is 258 g/mol. The minimum absolute atomic E-state index is 0.104. The molecule has 0 radical (unpaired) electrons. The van der Waals surface area contributed by atoms with Gasteiger partial charge in [0.2, 0.25) is 0 Å². The van der Waals surface area contributed by atoms with Crippen molar-refractivity contribution < 1.29 is 14.6 Å². The van der Waals surface area contributed by atoms with E-state index in [9.17, 15) is 0 Å². The normalized spacial score (nSPS) is 10.2. The van der Waals surface area contributed by atoms with Gasteiger partial charge >= 0.3 is 0 Å². The van der Waals surface area contributed by atoms with Crippen LogP contribution in [0.5, 0.6) is 11.5 Å². The average molecular weight is 279 g/mol. The highest BCUT2D eigenvalue weighted by Crippen LogP contribution is 2.38. The Kier molecular flexibility index (Phi) is 6.70. The van der Waals surface area contributed by atoms with E-state index in [1.54, 1.807) is 12.1 Å². The molecule has 0 saturated heterocycles. The maximum absolute atomic E-state index is 8.84. The third-order valence-electron chi connectivity index (χ3n) is 2.68. The third kappa shape index (κ3) is 4.33. The summed E-state index contributed by atoms with van der Waals surface area (Å²) in [5, 5.41) is 12.5. The molecule has 0 aliphatic heterocycles. The molecule has 20 heavy (non-hydrogen) atoms. The third-order valence-corrected chi connectivity index (χ3v) is 2.68. The maximum Gasteiger partial charge on any atom is 0.132 e. The van der Waals surface area contributed by atoms with E-state index in [1.165, 1.54) is 0 Å². The van der Waals surface area contributed by atoms with Gasteiger partial charge in [-0.2, -0.15) is 0 Å². The van der Waals surface area contributed by atoms with E-state index in [1.807, 2.05) is 20.8 Å². The fourth-order valence-electron chi connectivity index (χ4n) is 1.75. The summed E-state index contributed by atoms with van der Waals surface area (Å²) in [6, 6.07) is 3.51. The zero-order valence-electron chi connectivity index (χ0n) is 12.2. The number of rotatable bonds is 8. The number of ether oxygens (including phenoxy) is 2. The van der Waals surface area contributed by atoms with Gasteiger partial charge in [0.05, 0.1) is 18.9 Å². The molecule has 0 bridgehead atoms. The highest BCUT2D eigenvalue weighted by Gasteiger charge is 2.14. The minimum Gasteiger partial charge on any atom is -0.493 e. The summed E-state index contributed by atoms with van der Waals surface area (Å²) in [6.45, 7) is 6.77. The summed E-state index contributed by atoms with van der Waals surface area (Å²) >= 11 is 0. The van der Waals surface area contributed by atoms with Gasteiger partial charge in [-0.15, -0.1) is 0 Å². The number of benzene rings is 1. The first-order valence-corrected chi connectivity index (χ1v) is 6.73. The van der Waals surface area contributed by atoms with Gasteiger partial charge in [0, 0.05) is 11.0 Å². The zero-order valence-corrected chi connectivity index (χ0v) is 12.2. The van der Waals surface area contributed by atoms with Gasteiger partial charge in [-0.3, -0.25) is 0 Å². The van der Waals surface area contributed by atoms with Crippen molar-refractivity contribution in [3.8, 4) is 11.5 Å². The Bertz CT molecular complexity index is 483. The van der Waals surface area contributed by atoms with E-state index in [2.05, 4.69) is 10.0 Å². The van der Waals surface area contributed by atoms with Crippen LogP contribution in [0.25, 0.3) is 10.4 Å². The molecule has 0 atom stereocenters. The summed E-state index contributed by atoms with van der Waals surface area (Å²) in [6.07, 6.45) is 0.905. The summed E-state index contributed by atoms with van der Waals surface area (Å²) in [7, 11) is 0. The second kappa shape index (κ2) is 8.30. The van der Waals surface area contributed by atoms with Gasteiger partial charge in [-0.05, 0) is 29.5 Å². The zero-order chi connectivity index (χ0) is 15.0. The second-order valence-electron chi connectivity index (χ2n) is 4.62. The van der Waals surface area contributed by atoms with Crippen LogP contribution >= 0.6 is 0 Å². The Morgan fingerprint density at radius 1 is 1.25 bits per heavy atom. The smallest absolute Gasteiger partial charge is 0.132 e. The molecule has 1 rings (SSSR count). The minimum atomic E-state index is -0.104. The standard InChI is InChI=1S/C14H21N3O3/c1-4-6-19-13-9-14(20-7-5-18)12(16-17-15)8-11(13)10(2)3/h8-10,18H,4-7H2,1-3H3. The Morgan fingerprint density at radius 2 is 1.95 bits per heavy atom. The van der Waals surface area contributed by atoms with Gasteiger partial charge in [-0.25, -0.2) is 0 Å². The molecule has 1 aromatic rings. The van der Waals surface area contributed by atoms with Gasteiger partial charge in [0.15, 0.2) is 0 Å². The first-order chi connectivity index (χ1) is 9.63. The van der Waals surface area contributed by atoms with Crippen molar-refractivity contribution in [1.82, 2.24) is 0 Å². The molecule has 0 spiro atoms. The Hall–Kier alpha value is -1.91. The second-order valence-corrected chi connectivity index (χ2v) is 4.62. The van der Waals surface area contributed by atoms with Crippen LogP contribution in [-0.2, 0) is 0 Å². The van der Waals surface area contributed by atoms with Crippen molar-refractivity contribution in [2.45, 2.75) is 33.1 Å². The molecule has 0 saturated carbocycles. The highest BCUT2D eigenvalue weighted by atomic mass is 16.5. The van der Waals surface area contributed by atoms with Crippen molar-refractivity contribution in [2.24, 2.45) is 5.11 Å². The summed E-state index contributed by atoms with van der Waals surface area (Å²) in [5.74, 6) is 1.39. The van der Waals surface area contributed by atoms with Gasteiger partial charge in [0.1, 0.15) is 18.1 Å². The average Bonchev–Trinajstić information content (AvgIpc) is 2.44. The van der Waals surface area contributed by atoms with Crippen molar-refractivity contribution in [2.75, 3.05) is 19.8 Å². The number of hydrogen-bond donors (Lipinski definition) is 1. The largest absolute Gasteiger partial charge is 0.493 e. The molecule has 6 heteroatoms. The Labute approximate surface area is 119 Å². The lowest BCUT2D eigenvalue weighted by Crippen LogP contribution is -2.04. The number of nitrogens with zero attached hydrogens (tertiary/aromatic N) is 3. The van der Waals surface area contributed by atoms with Crippen molar-refractivity contribution >= 4 is 5.69 Å². The molecule has 1 N–H and O–H groups in total. The van der Waals surface area contributed by atoms with Gasteiger partial charge in [-0.1, -0.05) is 25.9 Å². The van der Waals surface area contributed by atoms with E-state index in [0.29, 0.717) is 18.0 Å². The summed E-state index contributed by atoms with van der Waals surface area (Å²) in [5.41, 5.74) is 10.0. The summed E-state index contributed by atoms with van der Waals surface area (Å²) < 4.78 is 11.1. The highest BCUT2D eigenvalue weighted by molar-refractivity contribution is 5.59. The number of hydrogen-bond acceptors (Lipinski definition) is 4. The van der Waals surface area contributed by atoms with Crippen molar-refractivity contribution in [1.29, 1.82) is 0 Å². The molecule has 0 aromatic heterocycles. The number of azide groups is 1. The maximum atomic E-state index is 8.84. The molecule has 110 valence electrons. The monoisotopic (exact) mass is 279 g/mol. The topological polar surface area (TPSA) is 87.5 Å². The molecular formula is C14H21N3O3. The van der Waals surface area contributed by atoms with Crippen molar-refractivity contribution in [3.63, 3.8) is 0 Å².